The zero-order chi connectivity index (χ0) is 4.41. The van der Waals surface area contributed by atoms with Gasteiger partial charge in [0.1, 0.15) is 0 Å². The van der Waals surface area contributed by atoms with E-state index in [9.17, 15) is 4.79 Å². The van der Waals surface area contributed by atoms with Crippen LogP contribution in [0.15, 0.2) is 0 Å². The van der Waals surface area contributed by atoms with Gasteiger partial charge in [-0.25, -0.2) is 4.79 Å². The van der Waals surface area contributed by atoms with Gasteiger partial charge < -0.3 is 4.74 Å². The first kappa shape index (κ1) is 3.80. The molecule has 1 aliphatic rings. The Bertz CT molecular complexity index is 65.9. The molecule has 1 saturated heterocycles. The molecule has 1 N–H and O–H groups in total. The van der Waals surface area contributed by atoms with Crippen LogP contribution in [0.25, 0.3) is 0 Å². The van der Waals surface area contributed by atoms with Gasteiger partial charge in [0, 0.05) is 0 Å². The lowest BCUT2D eigenvalue weighted by molar-refractivity contribution is 0.180. The molecule has 1 aliphatic heterocycles. The van der Waals surface area contributed by atoms with E-state index in [1.54, 1.807) is 0 Å². The molecule has 1 heterocycles. The minimum Gasteiger partial charge on any atom is -0.436 e. The Labute approximate surface area is 39.2 Å². The SMILES string of the molecule is O=C1NSCO1. The standard InChI is InChI=1S/C2H3NO2S/c4-2-3-6-1-5-2/h1H2,(H,3,4). The van der Waals surface area contributed by atoms with Crippen molar-refractivity contribution in [1.82, 2.24) is 4.72 Å². The van der Waals surface area contributed by atoms with Crippen LogP contribution in [-0.4, -0.2) is 12.0 Å². The molecule has 0 bridgehead atoms. The summed E-state index contributed by atoms with van der Waals surface area (Å²) in [4.78, 5) is 9.89. The monoisotopic (exact) mass is 105 g/mol. The first-order valence-corrected chi connectivity index (χ1v) is 2.43. The number of cyclic esters (lactones) is 1. The molecule has 1 rings (SSSR count). The summed E-state index contributed by atoms with van der Waals surface area (Å²) in [7, 11) is 0. The van der Waals surface area contributed by atoms with E-state index >= 15 is 0 Å². The summed E-state index contributed by atoms with van der Waals surface area (Å²) in [6.07, 6.45) is -0.333. The summed E-state index contributed by atoms with van der Waals surface area (Å²) in [5.41, 5.74) is 0. The fourth-order valence-electron chi connectivity index (χ4n) is 0.201. The van der Waals surface area contributed by atoms with Gasteiger partial charge in [-0.15, -0.1) is 0 Å². The Morgan fingerprint density at radius 2 is 2.83 bits per heavy atom. The van der Waals surface area contributed by atoms with E-state index in [0.717, 1.165) is 0 Å². The second-order valence-electron chi connectivity index (χ2n) is 0.796. The van der Waals surface area contributed by atoms with Crippen LogP contribution in [0.4, 0.5) is 4.79 Å². The lowest BCUT2D eigenvalue weighted by Gasteiger charge is -1.78. The van der Waals surface area contributed by atoms with E-state index in [1.807, 2.05) is 0 Å². The van der Waals surface area contributed by atoms with Gasteiger partial charge in [-0.2, -0.15) is 0 Å². The van der Waals surface area contributed by atoms with Crippen LogP contribution in [-0.2, 0) is 4.74 Å². The first-order valence-electron chi connectivity index (χ1n) is 1.44. The highest BCUT2D eigenvalue weighted by Crippen LogP contribution is 2.02. The van der Waals surface area contributed by atoms with Gasteiger partial charge in [0.15, 0.2) is 5.94 Å². The summed E-state index contributed by atoms with van der Waals surface area (Å²) in [5.74, 6) is 0.443. The van der Waals surface area contributed by atoms with Crippen molar-refractivity contribution in [2.24, 2.45) is 0 Å². The molecule has 0 spiro atoms. The molecule has 0 unspecified atom stereocenters. The normalized spacial score (nSPS) is 19.7. The van der Waals surface area contributed by atoms with Crippen molar-refractivity contribution in [3.8, 4) is 0 Å². The predicted octanol–water partition coefficient (Wildman–Crippen LogP) is 0.332. The van der Waals surface area contributed by atoms with Crippen molar-refractivity contribution in [1.29, 1.82) is 0 Å². The molecule has 0 aliphatic carbocycles. The lowest BCUT2D eigenvalue weighted by atomic mass is 11.3. The fourth-order valence-corrected chi connectivity index (χ4v) is 0.602. The van der Waals surface area contributed by atoms with Gasteiger partial charge in [0.05, 0.1) is 0 Å². The number of rotatable bonds is 0. The molecule has 1 amide bonds. The van der Waals surface area contributed by atoms with Crippen molar-refractivity contribution in [3.63, 3.8) is 0 Å². The molecule has 0 aromatic rings. The quantitative estimate of drug-likeness (QED) is 0.451. The van der Waals surface area contributed by atoms with E-state index in [0.29, 0.717) is 5.94 Å². The van der Waals surface area contributed by atoms with E-state index in [4.69, 9.17) is 0 Å². The third kappa shape index (κ3) is 0.567. The first-order chi connectivity index (χ1) is 2.89. The number of carbonyl (C=O) groups excluding carboxylic acids is 1. The molecular formula is C2H3NO2S. The highest BCUT2D eigenvalue weighted by Gasteiger charge is 2.07. The summed E-state index contributed by atoms with van der Waals surface area (Å²) < 4.78 is 6.74. The summed E-state index contributed by atoms with van der Waals surface area (Å²) >= 11 is 1.26. The summed E-state index contributed by atoms with van der Waals surface area (Å²) in [6, 6.07) is 0. The summed E-state index contributed by atoms with van der Waals surface area (Å²) in [5, 5.41) is 0. The lowest BCUT2D eigenvalue weighted by Crippen LogP contribution is -2.04. The molecule has 0 atom stereocenters. The molecule has 3 nitrogen and oxygen atoms in total. The minimum absolute atomic E-state index is 0.333. The topological polar surface area (TPSA) is 38.3 Å². The zero-order valence-electron chi connectivity index (χ0n) is 2.93. The predicted molar refractivity (Wildman–Crippen MR) is 22.1 cm³/mol. The van der Waals surface area contributed by atoms with Crippen LogP contribution < -0.4 is 4.72 Å². The maximum Gasteiger partial charge on any atom is 0.418 e. The molecule has 0 aromatic carbocycles. The highest BCUT2D eigenvalue weighted by atomic mass is 32.2. The third-order valence-electron chi connectivity index (χ3n) is 0.404. The van der Waals surface area contributed by atoms with E-state index in [1.165, 1.54) is 11.9 Å². The molecule has 6 heavy (non-hydrogen) atoms. The molecule has 4 heteroatoms. The van der Waals surface area contributed by atoms with Gasteiger partial charge in [-0.05, 0) is 11.9 Å². The molecule has 0 aromatic heterocycles. The maximum atomic E-state index is 9.89. The summed E-state index contributed by atoms with van der Waals surface area (Å²) in [6.45, 7) is 0. The number of hydrogen-bond donors (Lipinski definition) is 1. The van der Waals surface area contributed by atoms with E-state index < -0.39 is 0 Å². The van der Waals surface area contributed by atoms with Crippen molar-refractivity contribution < 1.29 is 9.53 Å². The van der Waals surface area contributed by atoms with Crippen LogP contribution in [0.3, 0.4) is 0 Å². The minimum atomic E-state index is -0.333. The number of nitrogens with one attached hydrogen (secondary N) is 1. The van der Waals surface area contributed by atoms with Crippen molar-refractivity contribution >= 4 is 18.0 Å². The van der Waals surface area contributed by atoms with E-state index in [-0.39, 0.29) is 6.09 Å². The smallest absolute Gasteiger partial charge is 0.418 e. The van der Waals surface area contributed by atoms with Gasteiger partial charge in [-0.3, -0.25) is 4.72 Å². The number of ether oxygens (including phenoxy) is 1. The van der Waals surface area contributed by atoms with Crippen LogP contribution in [0.5, 0.6) is 0 Å². The zero-order valence-corrected chi connectivity index (χ0v) is 3.75. The van der Waals surface area contributed by atoms with Crippen molar-refractivity contribution in [3.05, 3.63) is 0 Å². The van der Waals surface area contributed by atoms with Crippen molar-refractivity contribution in [2.75, 3.05) is 5.94 Å². The molecule has 0 radical (unpaired) electrons. The maximum absolute atomic E-state index is 9.89. The van der Waals surface area contributed by atoms with Gasteiger partial charge >= 0.3 is 6.09 Å². The van der Waals surface area contributed by atoms with Crippen molar-refractivity contribution in [2.45, 2.75) is 0 Å². The number of carbonyl (C=O) groups is 1. The van der Waals surface area contributed by atoms with Crippen LogP contribution >= 0.6 is 11.9 Å². The largest absolute Gasteiger partial charge is 0.436 e. The van der Waals surface area contributed by atoms with E-state index in [2.05, 4.69) is 9.46 Å². The van der Waals surface area contributed by atoms with Crippen LogP contribution in [0.1, 0.15) is 0 Å². The van der Waals surface area contributed by atoms with Gasteiger partial charge in [0.2, 0.25) is 0 Å². The average molecular weight is 105 g/mol. The number of hydrogen-bond acceptors (Lipinski definition) is 3. The van der Waals surface area contributed by atoms with Gasteiger partial charge in [0.25, 0.3) is 0 Å². The Balaban J connectivity index is 2.37. The fraction of sp³-hybridized carbons (Fsp3) is 0.500. The Hall–Kier alpha value is -0.380. The molecular weight excluding hydrogens is 102 g/mol. The second-order valence-corrected chi connectivity index (χ2v) is 1.52. The Morgan fingerprint density at radius 1 is 2.00 bits per heavy atom. The van der Waals surface area contributed by atoms with Gasteiger partial charge in [-0.1, -0.05) is 0 Å². The second kappa shape index (κ2) is 1.38. The third-order valence-corrected chi connectivity index (χ3v) is 0.951. The molecule has 0 saturated carbocycles. The van der Waals surface area contributed by atoms with Crippen LogP contribution in [0.2, 0.25) is 0 Å². The highest BCUT2D eigenvalue weighted by molar-refractivity contribution is 7.98. The Kier molecular flexibility index (Phi) is 0.874. The average Bonchev–Trinajstić information content (AvgIpc) is 1.86. The van der Waals surface area contributed by atoms with Crippen LogP contribution in [0, 0.1) is 0 Å². The number of amides is 1. The molecule has 34 valence electrons. The Morgan fingerprint density at radius 3 is 3.00 bits per heavy atom. The molecule has 1 fully saturated rings.